The van der Waals surface area contributed by atoms with E-state index in [1.807, 2.05) is 0 Å². The average Bonchev–Trinajstić information content (AvgIpc) is 2.86. The van der Waals surface area contributed by atoms with Crippen LogP contribution in [-0.4, -0.2) is 57.4 Å². The molecule has 0 N–H and O–H groups in total. The van der Waals surface area contributed by atoms with Gasteiger partial charge < -0.3 is 9.64 Å². The van der Waals surface area contributed by atoms with Crippen LogP contribution in [-0.2, 0) is 16.1 Å². The molecule has 0 unspecified atom stereocenters. The van der Waals surface area contributed by atoms with Crippen molar-refractivity contribution in [3.63, 3.8) is 0 Å². The summed E-state index contributed by atoms with van der Waals surface area (Å²) in [6.07, 6.45) is 3.48. The molecule has 0 radical (unpaired) electrons. The Balaban J connectivity index is 1.99. The third kappa shape index (κ3) is 3.90. The fraction of sp³-hybridized carbons (Fsp3) is 0.846. The van der Waals surface area contributed by atoms with Crippen molar-refractivity contribution in [2.45, 2.75) is 45.2 Å². The summed E-state index contributed by atoms with van der Waals surface area (Å²) in [7, 11) is 1.74. The standard InChI is InChI=1S/C13H23N5O3/c1-3-4-7-16(2)12(19)10-17-13(20)18(15-14-17)11-5-8-21-9-6-11/h11H,3-10H2,1-2H3. The van der Waals surface area contributed by atoms with Crippen LogP contribution in [0.25, 0.3) is 0 Å². The van der Waals surface area contributed by atoms with E-state index in [4.69, 9.17) is 4.74 Å². The molecule has 0 saturated carbocycles. The zero-order valence-corrected chi connectivity index (χ0v) is 12.7. The summed E-state index contributed by atoms with van der Waals surface area (Å²) in [6.45, 7) is 3.97. The minimum Gasteiger partial charge on any atom is -0.381 e. The zero-order chi connectivity index (χ0) is 15.2. The molecule has 0 aromatic carbocycles. The monoisotopic (exact) mass is 297 g/mol. The van der Waals surface area contributed by atoms with Crippen LogP contribution in [0.1, 0.15) is 38.6 Å². The van der Waals surface area contributed by atoms with Crippen molar-refractivity contribution in [3.05, 3.63) is 10.5 Å². The minimum atomic E-state index is -0.320. The second-order valence-corrected chi connectivity index (χ2v) is 5.38. The lowest BCUT2D eigenvalue weighted by Crippen LogP contribution is -2.36. The highest BCUT2D eigenvalue weighted by molar-refractivity contribution is 5.75. The third-order valence-electron chi connectivity index (χ3n) is 3.76. The largest absolute Gasteiger partial charge is 0.381 e. The van der Waals surface area contributed by atoms with Gasteiger partial charge in [-0.2, -0.15) is 9.36 Å². The number of likely N-dealkylation sites (N-methyl/N-ethyl adjacent to an activating group) is 1. The highest BCUT2D eigenvalue weighted by Crippen LogP contribution is 2.17. The van der Waals surface area contributed by atoms with Gasteiger partial charge in [-0.05, 0) is 29.7 Å². The van der Waals surface area contributed by atoms with Crippen molar-refractivity contribution in [1.29, 1.82) is 0 Å². The van der Waals surface area contributed by atoms with Crippen LogP contribution in [0.4, 0.5) is 0 Å². The highest BCUT2D eigenvalue weighted by atomic mass is 16.5. The lowest BCUT2D eigenvalue weighted by atomic mass is 10.1. The predicted molar refractivity (Wildman–Crippen MR) is 75.9 cm³/mol. The second kappa shape index (κ2) is 7.35. The summed E-state index contributed by atoms with van der Waals surface area (Å²) in [5, 5.41) is 7.73. The van der Waals surface area contributed by atoms with Crippen LogP contribution >= 0.6 is 0 Å². The first kappa shape index (κ1) is 15.7. The number of nitrogens with zero attached hydrogens (tertiary/aromatic N) is 5. The van der Waals surface area contributed by atoms with E-state index in [1.54, 1.807) is 11.9 Å². The van der Waals surface area contributed by atoms with Gasteiger partial charge in [-0.15, -0.1) is 0 Å². The lowest BCUT2D eigenvalue weighted by Gasteiger charge is -2.20. The molecule has 0 bridgehead atoms. The van der Waals surface area contributed by atoms with Crippen LogP contribution in [0.2, 0.25) is 0 Å². The van der Waals surface area contributed by atoms with Gasteiger partial charge in [0.15, 0.2) is 0 Å². The van der Waals surface area contributed by atoms with E-state index < -0.39 is 0 Å². The van der Waals surface area contributed by atoms with Crippen molar-refractivity contribution in [2.24, 2.45) is 0 Å². The summed E-state index contributed by atoms with van der Waals surface area (Å²) >= 11 is 0. The van der Waals surface area contributed by atoms with Crippen LogP contribution in [0.15, 0.2) is 4.79 Å². The molecule has 21 heavy (non-hydrogen) atoms. The Kier molecular flexibility index (Phi) is 5.49. The Labute approximate surface area is 123 Å². The zero-order valence-electron chi connectivity index (χ0n) is 12.7. The topological polar surface area (TPSA) is 82.2 Å². The van der Waals surface area contributed by atoms with Gasteiger partial charge in [0.1, 0.15) is 6.54 Å². The van der Waals surface area contributed by atoms with E-state index in [9.17, 15) is 9.59 Å². The molecule has 1 aliphatic heterocycles. The van der Waals surface area contributed by atoms with E-state index in [0.29, 0.717) is 19.8 Å². The van der Waals surface area contributed by atoms with Crippen LogP contribution in [0, 0.1) is 0 Å². The van der Waals surface area contributed by atoms with Gasteiger partial charge in [-0.1, -0.05) is 13.3 Å². The first-order chi connectivity index (χ1) is 10.1. The van der Waals surface area contributed by atoms with Crippen LogP contribution in [0.5, 0.6) is 0 Å². The first-order valence-electron chi connectivity index (χ1n) is 7.47. The molecule has 1 aliphatic rings. The van der Waals surface area contributed by atoms with E-state index in [1.165, 1.54) is 4.68 Å². The molecule has 1 amide bonds. The van der Waals surface area contributed by atoms with Crippen molar-refractivity contribution >= 4 is 5.91 Å². The van der Waals surface area contributed by atoms with Crippen LogP contribution in [0.3, 0.4) is 0 Å². The number of ether oxygens (including phenoxy) is 1. The Bertz CT molecular complexity index is 518. The normalized spacial score (nSPS) is 16.1. The van der Waals surface area contributed by atoms with Crippen molar-refractivity contribution < 1.29 is 9.53 Å². The molecule has 0 spiro atoms. The van der Waals surface area contributed by atoms with Gasteiger partial charge in [0.25, 0.3) is 0 Å². The summed E-state index contributed by atoms with van der Waals surface area (Å²) < 4.78 is 7.79. The van der Waals surface area contributed by atoms with E-state index in [-0.39, 0.29) is 24.2 Å². The molecule has 0 atom stereocenters. The molecular weight excluding hydrogens is 274 g/mol. The van der Waals surface area contributed by atoms with Gasteiger partial charge >= 0.3 is 5.69 Å². The Morgan fingerprint density at radius 1 is 1.38 bits per heavy atom. The molecule has 1 aromatic heterocycles. The molecule has 8 heteroatoms. The predicted octanol–water partition coefficient (Wildman–Crippen LogP) is 0.0498. The summed E-state index contributed by atoms with van der Waals surface area (Å²) in [5.41, 5.74) is -0.320. The van der Waals surface area contributed by atoms with Crippen molar-refractivity contribution in [1.82, 2.24) is 24.7 Å². The molecular formula is C13H23N5O3. The van der Waals surface area contributed by atoms with Gasteiger partial charge in [0.2, 0.25) is 5.91 Å². The van der Waals surface area contributed by atoms with Gasteiger partial charge in [0.05, 0.1) is 6.04 Å². The fourth-order valence-electron chi connectivity index (χ4n) is 2.31. The smallest absolute Gasteiger partial charge is 0.364 e. The van der Waals surface area contributed by atoms with E-state index >= 15 is 0 Å². The Hall–Kier alpha value is -1.70. The summed E-state index contributed by atoms with van der Waals surface area (Å²) in [5.74, 6) is -0.121. The molecule has 2 heterocycles. The third-order valence-corrected chi connectivity index (χ3v) is 3.76. The average molecular weight is 297 g/mol. The SMILES string of the molecule is CCCCN(C)C(=O)Cn1nnn(C2CCOCC2)c1=O. The number of unbranched alkanes of at least 4 members (excludes halogenated alkanes) is 1. The van der Waals surface area contributed by atoms with Crippen molar-refractivity contribution in [3.8, 4) is 0 Å². The Morgan fingerprint density at radius 3 is 2.76 bits per heavy atom. The Morgan fingerprint density at radius 2 is 2.10 bits per heavy atom. The van der Waals surface area contributed by atoms with Gasteiger partial charge in [-0.25, -0.2) is 4.79 Å². The maximum atomic E-state index is 12.2. The molecule has 0 aliphatic carbocycles. The summed E-state index contributed by atoms with van der Waals surface area (Å²) in [6, 6.07) is 0.0212. The minimum absolute atomic E-state index is 0.0212. The highest BCUT2D eigenvalue weighted by Gasteiger charge is 2.21. The molecule has 1 aromatic rings. The molecule has 8 nitrogen and oxygen atoms in total. The molecule has 118 valence electrons. The number of carbonyl (C=O) groups is 1. The van der Waals surface area contributed by atoms with Gasteiger partial charge in [-0.3, -0.25) is 4.79 Å². The first-order valence-corrected chi connectivity index (χ1v) is 7.47. The molecule has 2 rings (SSSR count). The van der Waals surface area contributed by atoms with Crippen LogP contribution < -0.4 is 5.69 Å². The number of carbonyl (C=O) groups excluding carboxylic acids is 1. The number of hydrogen-bond acceptors (Lipinski definition) is 5. The lowest BCUT2D eigenvalue weighted by molar-refractivity contribution is -0.130. The second-order valence-electron chi connectivity index (χ2n) is 5.38. The van der Waals surface area contributed by atoms with E-state index in [2.05, 4.69) is 17.4 Å². The number of hydrogen-bond donors (Lipinski definition) is 0. The molecule has 1 fully saturated rings. The maximum absolute atomic E-state index is 12.2. The number of tetrazole rings is 1. The number of rotatable bonds is 6. The number of amides is 1. The quantitative estimate of drug-likeness (QED) is 0.741. The van der Waals surface area contributed by atoms with Gasteiger partial charge in [0, 0.05) is 26.8 Å². The maximum Gasteiger partial charge on any atom is 0.364 e. The number of aromatic nitrogens is 4. The fourth-order valence-corrected chi connectivity index (χ4v) is 2.31. The molecule has 1 saturated heterocycles. The van der Waals surface area contributed by atoms with Crippen molar-refractivity contribution in [2.75, 3.05) is 26.8 Å². The summed E-state index contributed by atoms with van der Waals surface area (Å²) in [4.78, 5) is 25.9. The van der Waals surface area contributed by atoms with E-state index in [0.717, 1.165) is 30.4 Å².